The van der Waals surface area contributed by atoms with E-state index in [9.17, 15) is 13.2 Å². The Morgan fingerprint density at radius 3 is 2.38 bits per heavy atom. The first-order valence-electron chi connectivity index (χ1n) is 7.51. The molecule has 0 saturated carbocycles. The van der Waals surface area contributed by atoms with Crippen molar-refractivity contribution in [2.45, 2.75) is 0 Å². The number of carbonyl (C=O) groups excluding carboxylic acids is 1. The number of ether oxygens (including phenoxy) is 1. The van der Waals surface area contributed by atoms with Gasteiger partial charge in [0.2, 0.25) is 15.9 Å². The zero-order valence-electron chi connectivity index (χ0n) is 13.2. The average molecular weight is 346 g/mol. The van der Waals surface area contributed by atoms with Crippen molar-refractivity contribution in [3.63, 3.8) is 0 Å². The van der Waals surface area contributed by atoms with E-state index in [-0.39, 0.29) is 24.9 Å². The lowest BCUT2D eigenvalue weighted by atomic mass is 10.0. The van der Waals surface area contributed by atoms with E-state index in [0.717, 1.165) is 6.26 Å². The molecule has 2 aromatic carbocycles. The van der Waals surface area contributed by atoms with Crippen molar-refractivity contribution in [3.8, 4) is 11.5 Å². The fourth-order valence-electron chi connectivity index (χ4n) is 2.38. The minimum atomic E-state index is -3.23. The Morgan fingerprint density at radius 1 is 1.08 bits per heavy atom. The summed E-state index contributed by atoms with van der Waals surface area (Å²) in [6.07, 6.45) is 1.14. The maximum absolute atomic E-state index is 12.3. The third kappa shape index (κ3) is 3.74. The first-order chi connectivity index (χ1) is 11.4. The van der Waals surface area contributed by atoms with Crippen molar-refractivity contribution in [2.75, 3.05) is 24.7 Å². The van der Waals surface area contributed by atoms with Gasteiger partial charge in [0.15, 0.2) is 5.75 Å². The highest BCUT2D eigenvalue weighted by molar-refractivity contribution is 7.88. The first-order valence-corrected chi connectivity index (χ1v) is 9.36. The molecule has 6 nitrogen and oxygen atoms in total. The summed E-state index contributed by atoms with van der Waals surface area (Å²) in [5.41, 5.74) is 0.559. The van der Waals surface area contributed by atoms with E-state index >= 15 is 0 Å². The van der Waals surface area contributed by atoms with Crippen molar-refractivity contribution in [2.24, 2.45) is 5.92 Å². The van der Waals surface area contributed by atoms with Crippen LogP contribution in [0, 0.1) is 5.92 Å². The van der Waals surface area contributed by atoms with Gasteiger partial charge in [0, 0.05) is 13.1 Å². The van der Waals surface area contributed by atoms with Gasteiger partial charge in [-0.1, -0.05) is 30.3 Å². The fraction of sp³-hybridized carbons (Fsp3) is 0.235. The van der Waals surface area contributed by atoms with Gasteiger partial charge in [-0.05, 0) is 24.3 Å². The quantitative estimate of drug-likeness (QED) is 0.901. The molecule has 1 aliphatic rings. The SMILES string of the molecule is CS(=O)(=O)N1CC(C(=O)Nc2ccccc2Oc2ccccc2)C1. The Morgan fingerprint density at radius 2 is 1.71 bits per heavy atom. The van der Waals surface area contributed by atoms with Gasteiger partial charge >= 0.3 is 0 Å². The summed E-state index contributed by atoms with van der Waals surface area (Å²) in [5, 5.41) is 2.82. The van der Waals surface area contributed by atoms with Crippen LogP contribution in [0.1, 0.15) is 0 Å². The van der Waals surface area contributed by atoms with Crippen LogP contribution in [0.2, 0.25) is 0 Å². The van der Waals surface area contributed by atoms with E-state index in [0.29, 0.717) is 17.2 Å². The molecule has 0 spiro atoms. The normalized spacial score (nSPS) is 15.5. The van der Waals surface area contributed by atoms with E-state index in [1.54, 1.807) is 18.2 Å². The molecule has 0 unspecified atom stereocenters. The Hall–Kier alpha value is -2.38. The summed E-state index contributed by atoms with van der Waals surface area (Å²) in [7, 11) is -3.23. The summed E-state index contributed by atoms with van der Waals surface area (Å²) in [4.78, 5) is 12.3. The van der Waals surface area contributed by atoms with Crippen LogP contribution in [-0.2, 0) is 14.8 Å². The smallest absolute Gasteiger partial charge is 0.230 e. The number of para-hydroxylation sites is 3. The topological polar surface area (TPSA) is 75.7 Å². The summed E-state index contributed by atoms with van der Waals surface area (Å²) in [6.45, 7) is 0.429. The maximum Gasteiger partial charge on any atom is 0.230 e. The highest BCUT2D eigenvalue weighted by atomic mass is 32.2. The zero-order chi connectivity index (χ0) is 17.2. The highest BCUT2D eigenvalue weighted by Gasteiger charge is 2.37. The second kappa shape index (κ2) is 6.62. The van der Waals surface area contributed by atoms with Crippen molar-refractivity contribution < 1.29 is 17.9 Å². The molecule has 126 valence electrons. The Balaban J connectivity index is 1.67. The number of anilines is 1. The molecule has 24 heavy (non-hydrogen) atoms. The van der Waals surface area contributed by atoms with E-state index in [1.165, 1.54) is 4.31 Å². The molecule has 1 saturated heterocycles. The van der Waals surface area contributed by atoms with Gasteiger partial charge in [-0.25, -0.2) is 12.7 Å². The predicted octanol–water partition coefficient (Wildman–Crippen LogP) is 2.31. The second-order valence-electron chi connectivity index (χ2n) is 5.68. The van der Waals surface area contributed by atoms with Crippen molar-refractivity contribution in [1.82, 2.24) is 4.31 Å². The van der Waals surface area contributed by atoms with Crippen molar-refractivity contribution in [3.05, 3.63) is 54.6 Å². The van der Waals surface area contributed by atoms with E-state index in [1.807, 2.05) is 36.4 Å². The van der Waals surface area contributed by atoms with Gasteiger partial charge in [-0.3, -0.25) is 4.79 Å². The van der Waals surface area contributed by atoms with Gasteiger partial charge in [0.25, 0.3) is 0 Å². The number of hydrogen-bond acceptors (Lipinski definition) is 4. The van der Waals surface area contributed by atoms with Gasteiger partial charge < -0.3 is 10.1 Å². The molecular formula is C17H18N2O4S. The van der Waals surface area contributed by atoms with Crippen LogP contribution in [0.3, 0.4) is 0 Å². The largest absolute Gasteiger partial charge is 0.455 e. The molecule has 1 fully saturated rings. The Labute approximate surface area is 141 Å². The predicted molar refractivity (Wildman–Crippen MR) is 91.5 cm³/mol. The van der Waals surface area contributed by atoms with Gasteiger partial charge in [-0.2, -0.15) is 0 Å². The molecule has 7 heteroatoms. The van der Waals surface area contributed by atoms with Crippen LogP contribution >= 0.6 is 0 Å². The number of nitrogens with one attached hydrogen (secondary N) is 1. The molecule has 0 aliphatic carbocycles. The minimum Gasteiger partial charge on any atom is -0.455 e. The molecule has 0 atom stereocenters. The maximum atomic E-state index is 12.3. The number of sulfonamides is 1. The number of rotatable bonds is 5. The molecule has 0 radical (unpaired) electrons. The molecule has 3 rings (SSSR count). The van der Waals surface area contributed by atoms with Crippen LogP contribution in [-0.4, -0.2) is 38.0 Å². The summed E-state index contributed by atoms with van der Waals surface area (Å²) in [5.74, 6) is 0.658. The van der Waals surface area contributed by atoms with E-state index in [2.05, 4.69) is 5.32 Å². The molecular weight excluding hydrogens is 328 g/mol. The number of carbonyl (C=O) groups is 1. The third-order valence-corrected chi connectivity index (χ3v) is 5.04. The van der Waals surface area contributed by atoms with Crippen LogP contribution in [0.15, 0.2) is 54.6 Å². The number of hydrogen-bond donors (Lipinski definition) is 1. The molecule has 2 aromatic rings. The highest BCUT2D eigenvalue weighted by Crippen LogP contribution is 2.30. The molecule has 1 N–H and O–H groups in total. The second-order valence-corrected chi connectivity index (χ2v) is 7.66. The number of benzene rings is 2. The van der Waals surface area contributed by atoms with Crippen LogP contribution in [0.5, 0.6) is 11.5 Å². The van der Waals surface area contributed by atoms with Crippen LogP contribution in [0.4, 0.5) is 5.69 Å². The lowest BCUT2D eigenvalue weighted by molar-refractivity contribution is -0.122. The number of nitrogens with zero attached hydrogens (tertiary/aromatic N) is 1. The molecule has 1 aliphatic heterocycles. The lowest BCUT2D eigenvalue weighted by Gasteiger charge is -2.36. The van der Waals surface area contributed by atoms with E-state index < -0.39 is 10.0 Å². The molecule has 1 heterocycles. The summed E-state index contributed by atoms with van der Waals surface area (Å²) in [6, 6.07) is 16.4. The van der Waals surface area contributed by atoms with Gasteiger partial charge in [-0.15, -0.1) is 0 Å². The van der Waals surface area contributed by atoms with Crippen LogP contribution < -0.4 is 10.1 Å². The zero-order valence-corrected chi connectivity index (χ0v) is 14.0. The summed E-state index contributed by atoms with van der Waals surface area (Å²) < 4.78 is 29.8. The first kappa shape index (κ1) is 16.5. The average Bonchev–Trinajstić information content (AvgIpc) is 2.47. The van der Waals surface area contributed by atoms with Gasteiger partial charge in [0.1, 0.15) is 5.75 Å². The molecule has 1 amide bonds. The van der Waals surface area contributed by atoms with E-state index in [4.69, 9.17) is 4.74 Å². The Bertz CT molecular complexity index is 831. The minimum absolute atomic E-state index is 0.209. The van der Waals surface area contributed by atoms with Crippen LogP contribution in [0.25, 0.3) is 0 Å². The molecule has 0 bridgehead atoms. The van der Waals surface area contributed by atoms with Crippen molar-refractivity contribution in [1.29, 1.82) is 0 Å². The molecule has 0 aromatic heterocycles. The number of amides is 1. The Kier molecular flexibility index (Phi) is 4.55. The van der Waals surface area contributed by atoms with Gasteiger partial charge in [0.05, 0.1) is 17.9 Å². The van der Waals surface area contributed by atoms with Crippen molar-refractivity contribution >= 4 is 21.6 Å². The summed E-state index contributed by atoms with van der Waals surface area (Å²) >= 11 is 0. The third-order valence-electron chi connectivity index (χ3n) is 3.80. The standard InChI is InChI=1S/C17H18N2O4S/c1-24(21,22)19-11-13(12-19)17(20)18-15-9-5-6-10-16(15)23-14-7-3-2-4-8-14/h2-10,13H,11-12H2,1H3,(H,18,20). The monoisotopic (exact) mass is 346 g/mol. The fourth-order valence-corrected chi connectivity index (χ4v) is 3.29. The lowest BCUT2D eigenvalue weighted by Crippen LogP contribution is -2.53.